The fourth-order valence-electron chi connectivity index (χ4n) is 3.78. The highest BCUT2D eigenvalue weighted by molar-refractivity contribution is 7.88. The lowest BCUT2D eigenvalue weighted by molar-refractivity contribution is 0.187. The molecule has 3 aromatic rings. The molecular formula is C22H28FN7O3S2. The lowest BCUT2D eigenvalue weighted by atomic mass is 10.3. The van der Waals surface area contributed by atoms with E-state index in [1.165, 1.54) is 34.0 Å². The van der Waals surface area contributed by atoms with Gasteiger partial charge in [-0.1, -0.05) is 11.3 Å². The monoisotopic (exact) mass is 521 g/mol. The minimum atomic E-state index is -3.13. The van der Waals surface area contributed by atoms with Crippen molar-refractivity contribution in [3.63, 3.8) is 0 Å². The summed E-state index contributed by atoms with van der Waals surface area (Å²) in [6.45, 7) is 3.66. The third-order valence-corrected chi connectivity index (χ3v) is 7.94. The van der Waals surface area contributed by atoms with Crippen molar-refractivity contribution >= 4 is 54.4 Å². The van der Waals surface area contributed by atoms with Gasteiger partial charge < -0.3 is 15.1 Å². The first kappa shape index (κ1) is 25.2. The molecule has 0 aliphatic carbocycles. The van der Waals surface area contributed by atoms with E-state index in [0.717, 1.165) is 18.7 Å². The molecule has 0 unspecified atom stereocenters. The van der Waals surface area contributed by atoms with Crippen LogP contribution >= 0.6 is 11.3 Å². The second-order valence-corrected chi connectivity index (χ2v) is 11.2. The molecule has 0 spiro atoms. The number of aromatic nitrogens is 2. The highest BCUT2D eigenvalue weighted by Gasteiger charge is 2.22. The Labute approximate surface area is 207 Å². The van der Waals surface area contributed by atoms with E-state index < -0.39 is 10.0 Å². The number of anilines is 3. The topological polar surface area (TPSA) is 111 Å². The number of hydrogen-bond acceptors (Lipinski definition) is 8. The number of hydrogen-bond donors (Lipinski definition) is 2. The van der Waals surface area contributed by atoms with Crippen molar-refractivity contribution in [2.75, 3.05) is 62.8 Å². The SMILES string of the molecule is CN(c1ccc(F)cc1)c1ccc2nc(NC(=O)NCCCN3CCN(S(C)(=O)=O)CC3)sc2n1. The Hall–Kier alpha value is -2.87. The maximum Gasteiger partial charge on any atom is 0.321 e. The number of fused-ring (bicyclic) bond motifs is 1. The molecular weight excluding hydrogens is 493 g/mol. The van der Waals surface area contributed by atoms with Gasteiger partial charge in [0.1, 0.15) is 22.0 Å². The Balaban J connectivity index is 1.24. The van der Waals surface area contributed by atoms with E-state index in [4.69, 9.17) is 0 Å². The molecule has 1 saturated heterocycles. The molecule has 13 heteroatoms. The lowest BCUT2D eigenvalue weighted by Crippen LogP contribution is -2.48. The van der Waals surface area contributed by atoms with Crippen LogP contribution in [-0.4, -0.2) is 86.2 Å². The van der Waals surface area contributed by atoms with E-state index in [0.29, 0.717) is 54.0 Å². The van der Waals surface area contributed by atoms with Gasteiger partial charge in [0, 0.05) is 45.5 Å². The summed E-state index contributed by atoms with van der Waals surface area (Å²) in [6, 6.07) is 9.48. The Morgan fingerprint density at radius 3 is 2.51 bits per heavy atom. The van der Waals surface area contributed by atoms with Crippen LogP contribution in [0.2, 0.25) is 0 Å². The molecule has 1 aliphatic rings. The predicted octanol–water partition coefficient (Wildman–Crippen LogP) is 2.69. The number of pyridine rings is 1. The number of nitrogens with zero attached hydrogens (tertiary/aromatic N) is 5. The predicted molar refractivity (Wildman–Crippen MR) is 136 cm³/mol. The van der Waals surface area contributed by atoms with Gasteiger partial charge in [-0.2, -0.15) is 4.31 Å². The number of carbonyl (C=O) groups is 1. The van der Waals surface area contributed by atoms with Crippen molar-refractivity contribution in [3.8, 4) is 0 Å². The largest absolute Gasteiger partial charge is 0.338 e. The number of piperazine rings is 1. The van der Waals surface area contributed by atoms with Gasteiger partial charge in [0.15, 0.2) is 5.13 Å². The Morgan fingerprint density at radius 2 is 1.83 bits per heavy atom. The fraction of sp³-hybridized carbons (Fsp3) is 0.409. The van der Waals surface area contributed by atoms with Crippen LogP contribution in [0.4, 0.5) is 25.8 Å². The van der Waals surface area contributed by atoms with Gasteiger partial charge in [0.2, 0.25) is 10.0 Å². The van der Waals surface area contributed by atoms with Crippen LogP contribution in [0.1, 0.15) is 6.42 Å². The lowest BCUT2D eigenvalue weighted by Gasteiger charge is -2.33. The summed E-state index contributed by atoms with van der Waals surface area (Å²) < 4.78 is 37.9. The molecule has 0 atom stereocenters. The minimum Gasteiger partial charge on any atom is -0.338 e. The van der Waals surface area contributed by atoms with Gasteiger partial charge in [-0.05, 0) is 49.4 Å². The molecule has 2 N–H and O–H groups in total. The number of nitrogens with one attached hydrogen (secondary N) is 2. The average molecular weight is 522 g/mol. The molecule has 4 rings (SSSR count). The number of thiazole rings is 1. The Bertz CT molecular complexity index is 1280. The van der Waals surface area contributed by atoms with Gasteiger partial charge in [0.25, 0.3) is 0 Å². The normalized spacial score (nSPS) is 15.3. The van der Waals surface area contributed by atoms with Crippen LogP contribution in [0, 0.1) is 5.82 Å². The third-order valence-electron chi connectivity index (χ3n) is 5.76. The molecule has 3 heterocycles. The molecule has 2 aromatic heterocycles. The second kappa shape index (κ2) is 10.8. The van der Waals surface area contributed by atoms with Gasteiger partial charge >= 0.3 is 6.03 Å². The van der Waals surface area contributed by atoms with E-state index in [-0.39, 0.29) is 11.8 Å². The van der Waals surface area contributed by atoms with Crippen molar-refractivity contribution in [2.24, 2.45) is 0 Å². The van der Waals surface area contributed by atoms with Crippen LogP contribution in [0.15, 0.2) is 36.4 Å². The van der Waals surface area contributed by atoms with Gasteiger partial charge in [-0.25, -0.2) is 27.6 Å². The van der Waals surface area contributed by atoms with E-state index in [2.05, 4.69) is 25.5 Å². The number of halogens is 1. The number of benzene rings is 1. The fourth-order valence-corrected chi connectivity index (χ4v) is 5.43. The van der Waals surface area contributed by atoms with Crippen LogP contribution in [0.25, 0.3) is 10.3 Å². The molecule has 10 nitrogen and oxygen atoms in total. The molecule has 0 saturated carbocycles. The van der Waals surface area contributed by atoms with Gasteiger partial charge in [-0.15, -0.1) is 0 Å². The summed E-state index contributed by atoms with van der Waals surface area (Å²) in [5, 5.41) is 6.03. The van der Waals surface area contributed by atoms with E-state index in [1.807, 2.05) is 24.1 Å². The Morgan fingerprint density at radius 1 is 1.11 bits per heavy atom. The van der Waals surface area contributed by atoms with Gasteiger partial charge in [0.05, 0.1) is 6.26 Å². The first-order chi connectivity index (χ1) is 16.7. The maximum atomic E-state index is 13.2. The van der Waals surface area contributed by atoms with Crippen molar-refractivity contribution in [1.82, 2.24) is 24.5 Å². The zero-order chi connectivity index (χ0) is 25.0. The second-order valence-electron chi connectivity index (χ2n) is 8.29. The average Bonchev–Trinajstić information content (AvgIpc) is 3.23. The maximum absolute atomic E-state index is 13.2. The number of amides is 2. The summed E-state index contributed by atoms with van der Waals surface area (Å²) in [5.74, 6) is 0.385. The quantitative estimate of drug-likeness (QED) is 0.439. The highest BCUT2D eigenvalue weighted by atomic mass is 32.2. The third kappa shape index (κ3) is 6.63. The molecule has 188 valence electrons. The summed E-state index contributed by atoms with van der Waals surface area (Å²) in [4.78, 5) is 26.0. The van der Waals surface area contributed by atoms with Crippen LogP contribution in [0.3, 0.4) is 0 Å². The van der Waals surface area contributed by atoms with Crippen LogP contribution < -0.4 is 15.5 Å². The van der Waals surface area contributed by atoms with E-state index in [9.17, 15) is 17.6 Å². The van der Waals surface area contributed by atoms with Crippen molar-refractivity contribution < 1.29 is 17.6 Å². The van der Waals surface area contributed by atoms with Crippen molar-refractivity contribution in [1.29, 1.82) is 0 Å². The molecule has 0 radical (unpaired) electrons. The molecule has 0 bridgehead atoms. The van der Waals surface area contributed by atoms with Gasteiger partial charge in [-0.3, -0.25) is 5.32 Å². The standard InChI is InChI=1S/C22H28FN7O3S2/c1-28(17-6-4-16(23)5-7-17)19-9-8-18-20(26-19)34-22(25-18)27-21(31)24-10-3-11-29-12-14-30(15-13-29)35(2,32)33/h4-9H,3,10-15H2,1-2H3,(H2,24,25,27,31). The minimum absolute atomic E-state index is 0.297. The van der Waals surface area contributed by atoms with Crippen LogP contribution in [0.5, 0.6) is 0 Å². The van der Waals surface area contributed by atoms with E-state index in [1.54, 1.807) is 12.1 Å². The van der Waals surface area contributed by atoms with E-state index >= 15 is 0 Å². The molecule has 2 amide bonds. The number of urea groups is 1. The first-order valence-electron chi connectivity index (χ1n) is 11.2. The number of carbonyl (C=O) groups excluding carboxylic acids is 1. The van der Waals surface area contributed by atoms with Crippen molar-refractivity contribution in [3.05, 3.63) is 42.2 Å². The smallest absolute Gasteiger partial charge is 0.321 e. The highest BCUT2D eigenvalue weighted by Crippen LogP contribution is 2.29. The zero-order valence-electron chi connectivity index (χ0n) is 19.6. The van der Waals surface area contributed by atoms with Crippen LogP contribution in [-0.2, 0) is 10.0 Å². The Kier molecular flexibility index (Phi) is 7.79. The molecule has 35 heavy (non-hydrogen) atoms. The number of rotatable bonds is 8. The number of sulfonamides is 1. The summed E-state index contributed by atoms with van der Waals surface area (Å²) in [5.41, 5.74) is 1.48. The van der Waals surface area contributed by atoms with Crippen molar-refractivity contribution in [2.45, 2.75) is 6.42 Å². The zero-order valence-corrected chi connectivity index (χ0v) is 21.2. The first-order valence-corrected chi connectivity index (χ1v) is 13.8. The summed E-state index contributed by atoms with van der Waals surface area (Å²) in [7, 11) is -1.28. The molecule has 1 fully saturated rings. The summed E-state index contributed by atoms with van der Waals surface area (Å²) in [6.07, 6.45) is 1.99. The summed E-state index contributed by atoms with van der Waals surface area (Å²) >= 11 is 1.28. The molecule has 1 aromatic carbocycles. The molecule has 1 aliphatic heterocycles.